The highest BCUT2D eigenvalue weighted by Gasteiger charge is 2.96. The first-order valence-corrected chi connectivity index (χ1v) is 13.1. The largest absolute Gasteiger partial charge is 0.460 e. The molecule has 238 valence electrons. The van der Waals surface area contributed by atoms with Crippen LogP contribution in [0.5, 0.6) is 0 Å². The molecule has 0 aromatic heterocycles. The fourth-order valence-electron chi connectivity index (χ4n) is 2.97. The molecule has 1 heterocycles. The third-order valence-electron chi connectivity index (χ3n) is 5.21. The summed E-state index contributed by atoms with van der Waals surface area (Å²) in [7, 11) is -11.8. The summed E-state index contributed by atoms with van der Waals surface area (Å²) < 4.78 is 255. The van der Waals surface area contributed by atoms with Crippen molar-refractivity contribution < 1.29 is 96.3 Å². The topological polar surface area (TPSA) is 77.5 Å². The Morgan fingerprint density at radius 2 is 1.00 bits per heavy atom. The molecule has 0 bridgehead atoms. The number of carbonyl (C=O) groups excluding carboxylic acids is 2. The van der Waals surface area contributed by atoms with Crippen LogP contribution < -0.4 is 0 Å². The SMILES string of the molecule is CC(=O)CS1(OS(=O)(=O)C(F)(F)C(F)(F)C(F)(F)C(F)(F)C(F)(F)C(F)(F)C(F)(F)C(F)(F)F)CCC(=O)CC1. The fraction of sp³-hybridized carbons (Fsp3) is 0.875. The number of carbonyl (C=O) groups is 2. The van der Waals surface area contributed by atoms with Crippen LogP contribution in [-0.2, 0) is 23.3 Å². The van der Waals surface area contributed by atoms with Crippen molar-refractivity contribution in [2.24, 2.45) is 0 Å². The second-order valence-corrected chi connectivity index (χ2v) is 13.2. The molecule has 1 aliphatic rings. The molecule has 40 heavy (non-hydrogen) atoms. The molecule has 0 atom stereocenters. The molecule has 1 saturated heterocycles. The number of halogens is 17. The maximum atomic E-state index is 14.3. The van der Waals surface area contributed by atoms with Crippen molar-refractivity contribution in [3.8, 4) is 0 Å². The van der Waals surface area contributed by atoms with Crippen LogP contribution in [0.1, 0.15) is 19.8 Å². The Morgan fingerprint density at radius 1 is 0.675 bits per heavy atom. The van der Waals surface area contributed by atoms with Crippen LogP contribution in [0.15, 0.2) is 0 Å². The van der Waals surface area contributed by atoms with Gasteiger partial charge in [0.25, 0.3) is 0 Å². The van der Waals surface area contributed by atoms with Crippen molar-refractivity contribution in [1.82, 2.24) is 0 Å². The summed E-state index contributed by atoms with van der Waals surface area (Å²) in [5.74, 6) is -57.4. The normalized spacial score (nSPS) is 19.9. The molecular weight excluding hydrogens is 659 g/mol. The van der Waals surface area contributed by atoms with E-state index in [1.165, 1.54) is 0 Å². The van der Waals surface area contributed by atoms with Gasteiger partial charge in [-0.15, -0.1) is 10.3 Å². The highest BCUT2D eigenvalue weighted by molar-refractivity contribution is 8.33. The maximum absolute atomic E-state index is 14.3. The van der Waals surface area contributed by atoms with Gasteiger partial charge in [0.1, 0.15) is 11.6 Å². The van der Waals surface area contributed by atoms with E-state index >= 15 is 0 Å². The van der Waals surface area contributed by atoms with Crippen molar-refractivity contribution in [3.63, 3.8) is 0 Å². The Morgan fingerprint density at radius 3 is 1.32 bits per heavy atom. The molecule has 0 unspecified atom stereocenters. The number of hydrogen-bond donors (Lipinski definition) is 0. The number of rotatable bonds is 11. The minimum absolute atomic E-state index is 0.627. The number of Topliss-reactive ketones (excluding diaryl/α,β-unsaturated/α-hetero) is 2. The van der Waals surface area contributed by atoms with Crippen LogP contribution in [0.25, 0.3) is 0 Å². The maximum Gasteiger partial charge on any atom is 0.460 e. The Labute approximate surface area is 213 Å². The van der Waals surface area contributed by atoms with E-state index < -0.39 is 109 Å². The number of hydrogen-bond acceptors (Lipinski definition) is 5. The third kappa shape index (κ3) is 5.23. The lowest BCUT2D eigenvalue weighted by molar-refractivity contribution is -0.458. The van der Waals surface area contributed by atoms with Gasteiger partial charge in [-0.05, 0) is 6.92 Å². The lowest BCUT2D eigenvalue weighted by Gasteiger charge is -2.44. The summed E-state index contributed by atoms with van der Waals surface area (Å²) >= 11 is 0. The van der Waals surface area contributed by atoms with E-state index in [2.05, 4.69) is 3.63 Å². The average Bonchev–Trinajstić information content (AvgIpc) is 2.73. The molecule has 0 aliphatic carbocycles. The highest BCUT2D eigenvalue weighted by Crippen LogP contribution is 2.65. The quantitative estimate of drug-likeness (QED) is 0.253. The van der Waals surface area contributed by atoms with Gasteiger partial charge in [0.2, 0.25) is 0 Å². The van der Waals surface area contributed by atoms with Crippen LogP contribution in [0, 0.1) is 0 Å². The van der Waals surface area contributed by atoms with Gasteiger partial charge in [-0.3, -0.25) is 9.59 Å². The lowest BCUT2D eigenvalue weighted by atomic mass is 9.91. The minimum Gasteiger partial charge on any atom is -0.300 e. The van der Waals surface area contributed by atoms with Crippen LogP contribution in [-0.4, -0.2) is 84.2 Å². The molecule has 1 rings (SSSR count). The first-order valence-electron chi connectivity index (χ1n) is 9.67. The van der Waals surface area contributed by atoms with E-state index in [-0.39, 0.29) is 0 Å². The van der Waals surface area contributed by atoms with Crippen LogP contribution in [0.2, 0.25) is 0 Å². The zero-order valence-corrected chi connectivity index (χ0v) is 20.5. The molecule has 1 aliphatic heterocycles. The molecule has 0 spiro atoms. The zero-order valence-electron chi connectivity index (χ0n) is 18.8. The molecule has 24 heteroatoms. The molecule has 0 saturated carbocycles. The van der Waals surface area contributed by atoms with Crippen LogP contribution >= 0.6 is 10.3 Å². The number of alkyl halides is 17. The molecule has 0 aromatic carbocycles. The van der Waals surface area contributed by atoms with E-state index in [1.807, 2.05) is 0 Å². The molecule has 0 N–H and O–H groups in total. The van der Waals surface area contributed by atoms with Gasteiger partial charge in [-0.1, -0.05) is 0 Å². The summed E-state index contributed by atoms with van der Waals surface area (Å²) in [6.45, 7) is 0.627. The van der Waals surface area contributed by atoms with Gasteiger partial charge < -0.3 is 0 Å². The lowest BCUT2D eigenvalue weighted by Crippen LogP contribution is -2.75. The molecule has 0 aromatic rings. The Balaban J connectivity index is 3.71. The van der Waals surface area contributed by atoms with Gasteiger partial charge in [-0.25, -0.2) is 3.63 Å². The molecule has 0 radical (unpaired) electrons. The third-order valence-corrected chi connectivity index (χ3v) is 10.8. The van der Waals surface area contributed by atoms with E-state index in [4.69, 9.17) is 0 Å². The molecule has 1 fully saturated rings. The van der Waals surface area contributed by atoms with E-state index in [0.717, 1.165) is 0 Å². The predicted octanol–water partition coefficient (Wildman–Crippen LogP) is 5.97. The van der Waals surface area contributed by atoms with Crippen LogP contribution in [0.4, 0.5) is 74.6 Å². The standard InChI is InChI=1S/C16H13F17O5S2/c1-7(34)6-39(4-2-8(35)3-5-39)38-40(36,37)16(32,33)14(27,28)12(23,24)10(19,20)9(17,18)11(21,22)13(25,26)15(29,30)31/h2-6H2,1H3. The van der Waals surface area contributed by atoms with Gasteiger partial charge in [0.15, 0.2) is 0 Å². The molecular formula is C16H13F17O5S2. The Bertz CT molecular complexity index is 1100. The predicted molar refractivity (Wildman–Crippen MR) is 97.8 cm³/mol. The average molecular weight is 672 g/mol. The van der Waals surface area contributed by atoms with Gasteiger partial charge in [0.05, 0.1) is 5.75 Å². The minimum atomic E-state index is -8.96. The van der Waals surface area contributed by atoms with Crippen molar-refractivity contribution >= 4 is 32.0 Å². The summed E-state index contributed by atoms with van der Waals surface area (Å²) in [5.41, 5.74) is 0. The van der Waals surface area contributed by atoms with Crippen molar-refractivity contribution in [1.29, 1.82) is 0 Å². The summed E-state index contributed by atoms with van der Waals surface area (Å²) in [6, 6.07) is 0. The first-order chi connectivity index (χ1) is 17.2. The summed E-state index contributed by atoms with van der Waals surface area (Å²) in [5, 5.41) is -7.83. The van der Waals surface area contributed by atoms with Gasteiger partial charge in [0, 0.05) is 24.3 Å². The monoisotopic (exact) mass is 672 g/mol. The van der Waals surface area contributed by atoms with E-state index in [0.29, 0.717) is 6.92 Å². The van der Waals surface area contributed by atoms with E-state index in [1.54, 1.807) is 0 Å². The van der Waals surface area contributed by atoms with Crippen molar-refractivity contribution in [3.05, 3.63) is 0 Å². The Hall–Kier alpha value is -1.59. The molecule has 0 amide bonds. The molecule has 5 nitrogen and oxygen atoms in total. The second kappa shape index (κ2) is 10.0. The zero-order chi connectivity index (χ0) is 32.4. The van der Waals surface area contributed by atoms with Crippen molar-refractivity contribution in [2.45, 2.75) is 66.7 Å². The fourth-order valence-corrected chi connectivity index (χ4v) is 8.45. The number of ketones is 2. The van der Waals surface area contributed by atoms with Gasteiger partial charge in [-0.2, -0.15) is 83.1 Å². The summed E-state index contributed by atoms with van der Waals surface area (Å²) in [4.78, 5) is 22.7. The van der Waals surface area contributed by atoms with Gasteiger partial charge >= 0.3 is 57.1 Å². The van der Waals surface area contributed by atoms with Crippen LogP contribution in [0.3, 0.4) is 0 Å². The highest BCUT2D eigenvalue weighted by atomic mass is 32.3. The second-order valence-electron chi connectivity index (χ2n) is 8.24. The summed E-state index contributed by atoms with van der Waals surface area (Å²) in [6.07, 6.45) is -9.48. The van der Waals surface area contributed by atoms with Crippen molar-refractivity contribution in [2.75, 3.05) is 17.3 Å². The Kier molecular flexibility index (Phi) is 9.11. The van der Waals surface area contributed by atoms with E-state index in [9.17, 15) is 92.6 Å². The first kappa shape index (κ1) is 36.4. The smallest absolute Gasteiger partial charge is 0.300 e.